The molecule has 5 rings (SSSR count). The van der Waals surface area contributed by atoms with Crippen LogP contribution >= 0.6 is 0 Å². The number of hydrogen-bond donors (Lipinski definition) is 3. The minimum atomic E-state index is -0.715. The number of carbonyl (C=O) groups excluding carboxylic acids is 3. The summed E-state index contributed by atoms with van der Waals surface area (Å²) in [5.74, 6) is -0.399. The standard InChI is InChI=1S/C29H34N4O3/c1-5-17(4)30-27(34)23(14-16(2)3)32-28(35)24-15-21-18-10-8-9-13-22(18)31-25(21)26-19-11-6-7-12-20(19)29(36)33(24)26/h6-13,16-17,23-24,26,31H,5,14-15H2,1-4H3,(H,30,34)(H,32,35)/t17-,23-,24-,26+/m0/s1. The molecule has 0 fully saturated rings. The molecule has 3 N–H and O–H groups in total. The van der Waals surface area contributed by atoms with Gasteiger partial charge in [0.1, 0.15) is 12.1 Å². The lowest BCUT2D eigenvalue weighted by molar-refractivity contribution is -0.132. The number of amides is 3. The molecule has 2 aliphatic rings. The van der Waals surface area contributed by atoms with Gasteiger partial charge in [0.05, 0.1) is 6.04 Å². The number of carbonyl (C=O) groups is 3. The molecular weight excluding hydrogens is 452 g/mol. The maximum atomic E-state index is 13.9. The molecule has 2 aromatic carbocycles. The summed E-state index contributed by atoms with van der Waals surface area (Å²) in [5, 5.41) is 7.10. The molecule has 7 heteroatoms. The molecule has 4 atom stereocenters. The smallest absolute Gasteiger partial charge is 0.255 e. The van der Waals surface area contributed by atoms with Crippen molar-refractivity contribution < 1.29 is 14.4 Å². The molecule has 3 heterocycles. The third-order valence-electron chi connectivity index (χ3n) is 7.50. The lowest BCUT2D eigenvalue weighted by Gasteiger charge is -2.38. The number of aromatic nitrogens is 1. The molecule has 0 saturated carbocycles. The van der Waals surface area contributed by atoms with Crippen molar-refractivity contribution in [3.63, 3.8) is 0 Å². The molecule has 0 radical (unpaired) electrons. The third-order valence-corrected chi connectivity index (χ3v) is 7.50. The van der Waals surface area contributed by atoms with Crippen molar-refractivity contribution in [2.24, 2.45) is 5.92 Å². The average molecular weight is 487 g/mol. The van der Waals surface area contributed by atoms with Gasteiger partial charge in [-0.25, -0.2) is 0 Å². The van der Waals surface area contributed by atoms with Crippen LogP contribution in [0.1, 0.15) is 73.8 Å². The first kappa shape index (κ1) is 24.1. The van der Waals surface area contributed by atoms with Crippen LogP contribution in [0, 0.1) is 5.92 Å². The van der Waals surface area contributed by atoms with Gasteiger partial charge in [-0.15, -0.1) is 0 Å². The van der Waals surface area contributed by atoms with Crippen LogP contribution < -0.4 is 10.6 Å². The van der Waals surface area contributed by atoms with E-state index in [9.17, 15) is 14.4 Å². The zero-order valence-electron chi connectivity index (χ0n) is 21.3. The van der Waals surface area contributed by atoms with Gasteiger partial charge in [-0.05, 0) is 48.9 Å². The summed E-state index contributed by atoms with van der Waals surface area (Å²) in [6, 6.07) is 13.9. The van der Waals surface area contributed by atoms with Crippen molar-refractivity contribution in [1.82, 2.24) is 20.5 Å². The molecule has 7 nitrogen and oxygen atoms in total. The Hall–Kier alpha value is -3.61. The molecule has 0 unspecified atom stereocenters. The highest BCUT2D eigenvalue weighted by molar-refractivity contribution is 6.04. The number of rotatable bonds is 7. The Morgan fingerprint density at radius 2 is 1.78 bits per heavy atom. The normalized spacial score (nSPS) is 20.0. The monoisotopic (exact) mass is 486 g/mol. The predicted octanol–water partition coefficient (Wildman–Crippen LogP) is 4.08. The van der Waals surface area contributed by atoms with E-state index in [1.165, 1.54) is 0 Å². The summed E-state index contributed by atoms with van der Waals surface area (Å²) >= 11 is 0. The van der Waals surface area contributed by atoms with Crippen LogP contribution in [0.5, 0.6) is 0 Å². The molecule has 188 valence electrons. The Morgan fingerprint density at radius 1 is 1.06 bits per heavy atom. The SMILES string of the molecule is CC[C@H](C)NC(=O)[C@H](CC(C)C)NC(=O)[C@@H]1Cc2c([nH]c3ccccc23)[C@H]2c3ccccc3C(=O)N21. The zero-order valence-corrected chi connectivity index (χ0v) is 21.3. The number of hydrogen-bond acceptors (Lipinski definition) is 3. The van der Waals surface area contributed by atoms with Crippen LogP contribution in [0.15, 0.2) is 48.5 Å². The molecule has 0 bridgehead atoms. The van der Waals surface area contributed by atoms with Gasteiger partial charge in [0.25, 0.3) is 5.91 Å². The van der Waals surface area contributed by atoms with Gasteiger partial charge in [-0.3, -0.25) is 14.4 Å². The quantitative estimate of drug-likeness (QED) is 0.470. The van der Waals surface area contributed by atoms with E-state index in [2.05, 4.69) is 21.7 Å². The fourth-order valence-corrected chi connectivity index (χ4v) is 5.55. The van der Waals surface area contributed by atoms with Crippen molar-refractivity contribution in [3.05, 3.63) is 70.9 Å². The van der Waals surface area contributed by atoms with Gasteiger partial charge in [0, 0.05) is 34.6 Å². The minimum absolute atomic E-state index is 0.0200. The van der Waals surface area contributed by atoms with Crippen LogP contribution in [0.4, 0.5) is 0 Å². The number of benzene rings is 2. The van der Waals surface area contributed by atoms with Crippen molar-refractivity contribution >= 4 is 28.6 Å². The lowest BCUT2D eigenvalue weighted by atomic mass is 9.89. The van der Waals surface area contributed by atoms with Crippen LogP contribution in [0.2, 0.25) is 0 Å². The Balaban J connectivity index is 1.53. The van der Waals surface area contributed by atoms with E-state index in [-0.39, 0.29) is 35.7 Å². The highest BCUT2D eigenvalue weighted by Crippen LogP contribution is 2.46. The first-order valence-electron chi connectivity index (χ1n) is 12.9. The maximum absolute atomic E-state index is 13.9. The van der Waals surface area contributed by atoms with Crippen LogP contribution in [0.25, 0.3) is 10.9 Å². The Morgan fingerprint density at radius 3 is 2.53 bits per heavy atom. The van der Waals surface area contributed by atoms with E-state index >= 15 is 0 Å². The number of fused-ring (bicyclic) bond motifs is 7. The second kappa shape index (κ2) is 9.45. The summed E-state index contributed by atoms with van der Waals surface area (Å²) < 4.78 is 0. The van der Waals surface area contributed by atoms with Gasteiger partial charge in [0.2, 0.25) is 11.8 Å². The van der Waals surface area contributed by atoms with E-state index in [1.54, 1.807) is 4.90 Å². The molecule has 0 aliphatic carbocycles. The molecule has 0 spiro atoms. The highest BCUT2D eigenvalue weighted by Gasteiger charge is 2.49. The van der Waals surface area contributed by atoms with Crippen LogP contribution in [0.3, 0.4) is 0 Å². The number of nitrogens with one attached hydrogen (secondary N) is 3. The Kier molecular flexibility index (Phi) is 6.33. The summed E-state index contributed by atoms with van der Waals surface area (Å²) in [7, 11) is 0. The minimum Gasteiger partial charge on any atom is -0.356 e. The summed E-state index contributed by atoms with van der Waals surface area (Å²) in [6.45, 7) is 8.03. The summed E-state index contributed by atoms with van der Waals surface area (Å²) in [5.41, 5.74) is 4.54. The summed E-state index contributed by atoms with van der Waals surface area (Å²) in [6.07, 6.45) is 1.72. The number of nitrogens with zero attached hydrogens (tertiary/aromatic N) is 1. The van der Waals surface area contributed by atoms with Crippen molar-refractivity contribution in [1.29, 1.82) is 0 Å². The predicted molar refractivity (Wildman–Crippen MR) is 140 cm³/mol. The molecular formula is C29H34N4O3. The van der Waals surface area contributed by atoms with Crippen molar-refractivity contribution in [2.45, 2.75) is 71.1 Å². The first-order valence-corrected chi connectivity index (χ1v) is 12.9. The van der Waals surface area contributed by atoms with Crippen LogP contribution in [-0.2, 0) is 16.0 Å². The molecule has 2 aliphatic heterocycles. The van der Waals surface area contributed by atoms with E-state index < -0.39 is 12.1 Å². The maximum Gasteiger partial charge on any atom is 0.255 e. The Labute approximate surface area is 211 Å². The molecule has 1 aromatic heterocycles. The van der Waals surface area contributed by atoms with Gasteiger partial charge in [-0.1, -0.05) is 57.2 Å². The van der Waals surface area contributed by atoms with Gasteiger partial charge in [-0.2, -0.15) is 0 Å². The largest absolute Gasteiger partial charge is 0.356 e. The van der Waals surface area contributed by atoms with E-state index in [0.29, 0.717) is 18.4 Å². The van der Waals surface area contributed by atoms with Crippen molar-refractivity contribution in [2.75, 3.05) is 0 Å². The van der Waals surface area contributed by atoms with Gasteiger partial charge < -0.3 is 20.5 Å². The Bertz CT molecular complexity index is 1330. The van der Waals surface area contributed by atoms with E-state index in [1.807, 2.05) is 70.2 Å². The molecule has 3 aromatic rings. The molecule has 3 amide bonds. The van der Waals surface area contributed by atoms with Gasteiger partial charge >= 0.3 is 0 Å². The van der Waals surface area contributed by atoms with E-state index in [4.69, 9.17) is 0 Å². The van der Waals surface area contributed by atoms with Crippen molar-refractivity contribution in [3.8, 4) is 0 Å². The first-order chi connectivity index (χ1) is 17.3. The molecule has 36 heavy (non-hydrogen) atoms. The highest BCUT2D eigenvalue weighted by atomic mass is 16.2. The van der Waals surface area contributed by atoms with Gasteiger partial charge in [0.15, 0.2) is 0 Å². The zero-order chi connectivity index (χ0) is 25.6. The third kappa shape index (κ3) is 4.06. The lowest BCUT2D eigenvalue weighted by Crippen LogP contribution is -2.57. The number of para-hydroxylation sites is 1. The van der Waals surface area contributed by atoms with E-state index in [0.717, 1.165) is 34.1 Å². The number of H-pyrrole nitrogens is 1. The fourth-order valence-electron chi connectivity index (χ4n) is 5.55. The second-order valence-corrected chi connectivity index (χ2v) is 10.5. The van der Waals surface area contributed by atoms with Crippen LogP contribution in [-0.4, -0.2) is 45.7 Å². The number of aromatic amines is 1. The molecule has 0 saturated heterocycles. The second-order valence-electron chi connectivity index (χ2n) is 10.5. The average Bonchev–Trinajstić information content (AvgIpc) is 3.38. The topological polar surface area (TPSA) is 94.3 Å². The fraction of sp³-hybridized carbons (Fsp3) is 0.414. The summed E-state index contributed by atoms with van der Waals surface area (Å²) in [4.78, 5) is 45.8.